The first kappa shape index (κ1) is 13.5. The number of pyridine rings is 1. The zero-order valence-corrected chi connectivity index (χ0v) is 10.8. The molecule has 0 aliphatic carbocycles. The van der Waals surface area contributed by atoms with Crippen LogP contribution in [-0.2, 0) is 4.74 Å². The second-order valence-electron chi connectivity index (χ2n) is 3.90. The van der Waals surface area contributed by atoms with Gasteiger partial charge in [0, 0.05) is 19.8 Å². The summed E-state index contributed by atoms with van der Waals surface area (Å²) in [6.45, 7) is 5.31. The van der Waals surface area contributed by atoms with Crippen LogP contribution in [0.1, 0.15) is 37.0 Å². The van der Waals surface area contributed by atoms with Gasteiger partial charge >= 0.3 is 5.97 Å². The van der Waals surface area contributed by atoms with E-state index in [1.54, 1.807) is 19.2 Å². The molecule has 0 saturated carbocycles. The summed E-state index contributed by atoms with van der Waals surface area (Å²) in [7, 11) is 2.00. The van der Waals surface area contributed by atoms with Crippen LogP contribution in [0.3, 0.4) is 0 Å². The smallest absolute Gasteiger partial charge is 0.339 e. The molecule has 4 heteroatoms. The fraction of sp³-hybridized carbons (Fsp3) is 0.538. The largest absolute Gasteiger partial charge is 0.462 e. The lowest BCUT2D eigenvalue weighted by atomic mass is 10.2. The lowest BCUT2D eigenvalue weighted by Gasteiger charge is -2.17. The molecule has 1 rings (SSSR count). The Bertz CT molecular complexity index is 349. The molecule has 17 heavy (non-hydrogen) atoms. The monoisotopic (exact) mass is 236 g/mol. The van der Waals surface area contributed by atoms with Crippen molar-refractivity contribution in [2.45, 2.75) is 26.7 Å². The van der Waals surface area contributed by atoms with E-state index in [-0.39, 0.29) is 5.97 Å². The summed E-state index contributed by atoms with van der Waals surface area (Å²) >= 11 is 0. The average molecular weight is 236 g/mol. The number of unbranched alkanes of at least 4 members (excludes halogenated alkanes) is 1. The Morgan fingerprint density at radius 3 is 2.71 bits per heavy atom. The van der Waals surface area contributed by atoms with Gasteiger partial charge in [-0.25, -0.2) is 9.78 Å². The van der Waals surface area contributed by atoms with Gasteiger partial charge in [0.2, 0.25) is 0 Å². The topological polar surface area (TPSA) is 42.4 Å². The number of esters is 1. The standard InChI is InChI=1S/C13H20N2O2/c1-4-6-9-15(3)12-8-7-11(10-14-12)13(16)17-5-2/h7-8,10H,4-6,9H2,1-3H3. The molecule has 1 heterocycles. The number of hydrogen-bond donors (Lipinski definition) is 0. The van der Waals surface area contributed by atoms with E-state index in [0.29, 0.717) is 12.2 Å². The van der Waals surface area contributed by atoms with E-state index in [2.05, 4.69) is 16.8 Å². The van der Waals surface area contributed by atoms with Crippen molar-refractivity contribution in [1.82, 2.24) is 4.98 Å². The number of carbonyl (C=O) groups is 1. The van der Waals surface area contributed by atoms with Gasteiger partial charge in [-0.1, -0.05) is 13.3 Å². The predicted octanol–water partition coefficient (Wildman–Crippen LogP) is 2.49. The summed E-state index contributed by atoms with van der Waals surface area (Å²) in [6, 6.07) is 3.60. The van der Waals surface area contributed by atoms with Gasteiger partial charge in [0.15, 0.2) is 0 Å². The van der Waals surface area contributed by atoms with E-state index in [0.717, 1.165) is 25.2 Å². The van der Waals surface area contributed by atoms with E-state index in [1.165, 1.54) is 0 Å². The van der Waals surface area contributed by atoms with Crippen molar-refractivity contribution >= 4 is 11.8 Å². The van der Waals surface area contributed by atoms with Crippen LogP contribution in [0.15, 0.2) is 18.3 Å². The Morgan fingerprint density at radius 1 is 1.41 bits per heavy atom. The Morgan fingerprint density at radius 2 is 2.18 bits per heavy atom. The number of nitrogens with zero attached hydrogens (tertiary/aromatic N) is 2. The number of hydrogen-bond acceptors (Lipinski definition) is 4. The maximum absolute atomic E-state index is 11.4. The van der Waals surface area contributed by atoms with Gasteiger partial charge in [0.05, 0.1) is 12.2 Å². The maximum atomic E-state index is 11.4. The molecule has 0 unspecified atom stereocenters. The van der Waals surface area contributed by atoms with Crippen LogP contribution < -0.4 is 4.90 Å². The molecule has 0 spiro atoms. The van der Waals surface area contributed by atoms with Crippen LogP contribution >= 0.6 is 0 Å². The molecule has 94 valence electrons. The van der Waals surface area contributed by atoms with Crippen LogP contribution in [0.25, 0.3) is 0 Å². The van der Waals surface area contributed by atoms with Crippen molar-refractivity contribution in [3.05, 3.63) is 23.9 Å². The molecular weight excluding hydrogens is 216 g/mol. The van der Waals surface area contributed by atoms with E-state index >= 15 is 0 Å². The highest BCUT2D eigenvalue weighted by atomic mass is 16.5. The fourth-order valence-corrected chi connectivity index (χ4v) is 1.46. The SMILES string of the molecule is CCCCN(C)c1ccc(C(=O)OCC)cn1. The summed E-state index contributed by atoms with van der Waals surface area (Å²) in [4.78, 5) is 17.8. The van der Waals surface area contributed by atoms with Crippen molar-refractivity contribution in [3.63, 3.8) is 0 Å². The van der Waals surface area contributed by atoms with Crippen molar-refractivity contribution in [3.8, 4) is 0 Å². The minimum atomic E-state index is -0.317. The normalized spacial score (nSPS) is 10.1. The van der Waals surface area contributed by atoms with Gasteiger partial charge in [-0.3, -0.25) is 0 Å². The summed E-state index contributed by atoms with van der Waals surface area (Å²) in [5, 5.41) is 0. The first-order valence-corrected chi connectivity index (χ1v) is 6.03. The zero-order valence-electron chi connectivity index (χ0n) is 10.8. The third-order valence-electron chi connectivity index (χ3n) is 2.50. The van der Waals surface area contributed by atoms with Gasteiger partial charge in [-0.2, -0.15) is 0 Å². The molecule has 0 aliphatic rings. The van der Waals surface area contributed by atoms with Gasteiger partial charge in [0.25, 0.3) is 0 Å². The van der Waals surface area contributed by atoms with E-state index < -0.39 is 0 Å². The van der Waals surface area contributed by atoms with Crippen LogP contribution in [0.4, 0.5) is 5.82 Å². The third kappa shape index (κ3) is 4.06. The highest BCUT2D eigenvalue weighted by Gasteiger charge is 2.08. The molecule has 0 bridgehead atoms. The Kier molecular flexibility index (Phi) is 5.46. The first-order chi connectivity index (χ1) is 8.19. The van der Waals surface area contributed by atoms with Gasteiger partial charge < -0.3 is 9.64 Å². The number of aromatic nitrogens is 1. The zero-order chi connectivity index (χ0) is 12.7. The molecule has 0 saturated heterocycles. The number of anilines is 1. The van der Waals surface area contributed by atoms with Crippen LogP contribution in [0.2, 0.25) is 0 Å². The van der Waals surface area contributed by atoms with Crippen LogP contribution in [-0.4, -0.2) is 31.2 Å². The van der Waals surface area contributed by atoms with Crippen LogP contribution in [0.5, 0.6) is 0 Å². The number of ether oxygens (including phenoxy) is 1. The van der Waals surface area contributed by atoms with Gasteiger partial charge in [0.1, 0.15) is 5.82 Å². The fourth-order valence-electron chi connectivity index (χ4n) is 1.46. The molecule has 1 aromatic heterocycles. The molecular formula is C13H20N2O2. The van der Waals surface area contributed by atoms with Gasteiger partial charge in [-0.15, -0.1) is 0 Å². The summed E-state index contributed by atoms with van der Waals surface area (Å²) in [5.41, 5.74) is 0.500. The highest BCUT2D eigenvalue weighted by molar-refractivity contribution is 5.89. The van der Waals surface area contributed by atoms with Crippen molar-refractivity contribution in [1.29, 1.82) is 0 Å². The second kappa shape index (κ2) is 6.89. The average Bonchev–Trinajstić information content (AvgIpc) is 2.36. The second-order valence-corrected chi connectivity index (χ2v) is 3.90. The molecule has 0 amide bonds. The summed E-state index contributed by atoms with van der Waals surface area (Å²) in [6.07, 6.45) is 3.86. The van der Waals surface area contributed by atoms with Crippen molar-refractivity contribution in [2.75, 3.05) is 25.1 Å². The van der Waals surface area contributed by atoms with Crippen molar-refractivity contribution in [2.24, 2.45) is 0 Å². The van der Waals surface area contributed by atoms with Gasteiger partial charge in [-0.05, 0) is 25.5 Å². The first-order valence-electron chi connectivity index (χ1n) is 6.03. The maximum Gasteiger partial charge on any atom is 0.339 e. The molecule has 0 fully saturated rings. The molecule has 0 radical (unpaired) electrons. The van der Waals surface area contributed by atoms with E-state index in [1.807, 2.05) is 13.1 Å². The minimum absolute atomic E-state index is 0.317. The lowest BCUT2D eigenvalue weighted by Crippen LogP contribution is -2.19. The third-order valence-corrected chi connectivity index (χ3v) is 2.50. The highest BCUT2D eigenvalue weighted by Crippen LogP contribution is 2.11. The lowest BCUT2D eigenvalue weighted by molar-refractivity contribution is 0.0526. The molecule has 0 atom stereocenters. The summed E-state index contributed by atoms with van der Waals surface area (Å²) in [5.74, 6) is 0.564. The molecule has 0 aliphatic heterocycles. The van der Waals surface area contributed by atoms with Crippen molar-refractivity contribution < 1.29 is 9.53 Å². The molecule has 0 N–H and O–H groups in total. The number of carbonyl (C=O) groups excluding carboxylic acids is 1. The molecule has 1 aromatic rings. The Labute approximate surface area is 103 Å². The Balaban J connectivity index is 2.64. The van der Waals surface area contributed by atoms with Crippen LogP contribution in [0, 0.1) is 0 Å². The minimum Gasteiger partial charge on any atom is -0.462 e. The Hall–Kier alpha value is -1.58. The molecule has 4 nitrogen and oxygen atoms in total. The quantitative estimate of drug-likeness (QED) is 0.712. The van der Waals surface area contributed by atoms with E-state index in [9.17, 15) is 4.79 Å². The van der Waals surface area contributed by atoms with E-state index in [4.69, 9.17) is 4.74 Å². The molecule has 0 aromatic carbocycles. The summed E-state index contributed by atoms with van der Waals surface area (Å²) < 4.78 is 4.90. The number of rotatable bonds is 6. The predicted molar refractivity (Wildman–Crippen MR) is 68.4 cm³/mol.